The second-order valence-electron chi connectivity index (χ2n) is 5.96. The van der Waals surface area contributed by atoms with E-state index < -0.39 is 21.9 Å². The second-order valence-corrected chi connectivity index (χ2v) is 7.51. The molecule has 1 N–H and O–H groups in total. The fourth-order valence-corrected chi connectivity index (χ4v) is 4.02. The minimum atomic E-state index is -4.15. The first kappa shape index (κ1) is 16.3. The molecule has 0 aliphatic carbocycles. The molecule has 0 aromatic heterocycles. The van der Waals surface area contributed by atoms with E-state index in [1.807, 2.05) is 0 Å². The van der Waals surface area contributed by atoms with Gasteiger partial charge in [0, 0.05) is 16.5 Å². The Morgan fingerprint density at radius 2 is 1.62 bits per heavy atom. The monoisotopic (exact) mass is 367 g/mol. The summed E-state index contributed by atoms with van der Waals surface area (Å²) in [6.07, 6.45) is 0. The Labute approximate surface area is 149 Å². The van der Waals surface area contributed by atoms with Crippen LogP contribution in [0, 0.1) is 6.92 Å². The van der Waals surface area contributed by atoms with E-state index >= 15 is 0 Å². The van der Waals surface area contributed by atoms with Crippen molar-refractivity contribution >= 4 is 32.7 Å². The Bertz CT molecular complexity index is 1200. The van der Waals surface area contributed by atoms with Crippen LogP contribution in [0.2, 0.25) is 0 Å². The molecule has 0 saturated heterocycles. The van der Waals surface area contributed by atoms with Gasteiger partial charge in [0.1, 0.15) is 10.6 Å². The molecular formula is C19H13NO5S. The zero-order valence-electron chi connectivity index (χ0n) is 13.6. The number of carbonyl (C=O) groups excluding carboxylic acids is 2. The van der Waals surface area contributed by atoms with Gasteiger partial charge in [-0.15, -0.1) is 0 Å². The molecule has 130 valence electrons. The summed E-state index contributed by atoms with van der Waals surface area (Å²) in [6.45, 7) is 1.74. The molecule has 0 unspecified atom stereocenters. The Morgan fingerprint density at radius 3 is 2.38 bits per heavy atom. The number of aryl methyl sites for hydroxylation is 1. The normalized spacial score (nSPS) is 13.6. The van der Waals surface area contributed by atoms with Crippen molar-refractivity contribution in [1.82, 2.24) is 5.32 Å². The summed E-state index contributed by atoms with van der Waals surface area (Å²) in [6, 6.07) is 14.3. The fraction of sp³-hybridized carbons (Fsp3) is 0.0526. The zero-order chi connectivity index (χ0) is 18.5. The van der Waals surface area contributed by atoms with Crippen molar-refractivity contribution < 1.29 is 22.2 Å². The predicted molar refractivity (Wildman–Crippen MR) is 94.7 cm³/mol. The van der Waals surface area contributed by atoms with Crippen LogP contribution < -0.4 is 9.50 Å². The van der Waals surface area contributed by atoms with E-state index in [0.717, 1.165) is 0 Å². The van der Waals surface area contributed by atoms with Crippen molar-refractivity contribution in [1.29, 1.82) is 0 Å². The van der Waals surface area contributed by atoms with Crippen LogP contribution in [0.1, 0.15) is 26.3 Å². The number of imide groups is 1. The molecule has 2 amide bonds. The predicted octanol–water partition coefficient (Wildman–Crippen LogP) is 2.80. The number of carbonyl (C=O) groups is 2. The van der Waals surface area contributed by atoms with Gasteiger partial charge in [0.05, 0.1) is 0 Å². The lowest BCUT2D eigenvalue weighted by Crippen LogP contribution is -2.34. The van der Waals surface area contributed by atoms with Gasteiger partial charge in [-0.3, -0.25) is 14.9 Å². The molecule has 7 heteroatoms. The van der Waals surface area contributed by atoms with Gasteiger partial charge in [0.15, 0.2) is 0 Å². The number of hydrogen-bond acceptors (Lipinski definition) is 5. The standard InChI is InChI=1S/C19H13NO5S/c1-11-5-2-3-8-16(11)25-26(23,24)13-9-12-6-4-7-14-17(12)15(10-13)19(22)20-18(14)21/h2-10H,1H3,(H,20,21,22). The van der Waals surface area contributed by atoms with Crippen LogP contribution >= 0.6 is 0 Å². The number of rotatable bonds is 3. The second kappa shape index (κ2) is 5.67. The average Bonchev–Trinajstić information content (AvgIpc) is 2.61. The largest absolute Gasteiger partial charge is 0.379 e. The number of hydrogen-bond donors (Lipinski definition) is 1. The van der Waals surface area contributed by atoms with Crippen LogP contribution in [0.15, 0.2) is 59.5 Å². The van der Waals surface area contributed by atoms with E-state index in [1.54, 1.807) is 49.4 Å². The minimum absolute atomic E-state index is 0.129. The van der Waals surface area contributed by atoms with Crippen LogP contribution in [0.5, 0.6) is 5.75 Å². The van der Waals surface area contributed by atoms with Gasteiger partial charge < -0.3 is 4.18 Å². The number of para-hydroxylation sites is 1. The summed E-state index contributed by atoms with van der Waals surface area (Å²) in [5, 5.41) is 3.14. The average molecular weight is 367 g/mol. The van der Waals surface area contributed by atoms with Gasteiger partial charge in [-0.05, 0) is 42.1 Å². The van der Waals surface area contributed by atoms with Crippen LogP contribution in [0.3, 0.4) is 0 Å². The number of amides is 2. The maximum atomic E-state index is 12.7. The Morgan fingerprint density at radius 1 is 0.885 bits per heavy atom. The lowest BCUT2D eigenvalue weighted by Gasteiger charge is -2.18. The van der Waals surface area contributed by atoms with Crippen molar-refractivity contribution in [2.24, 2.45) is 0 Å². The third-order valence-corrected chi connectivity index (χ3v) is 5.46. The molecule has 3 aromatic carbocycles. The first-order chi connectivity index (χ1) is 12.4. The molecule has 0 bridgehead atoms. The van der Waals surface area contributed by atoms with E-state index in [9.17, 15) is 18.0 Å². The third-order valence-electron chi connectivity index (χ3n) is 4.25. The minimum Gasteiger partial charge on any atom is -0.379 e. The number of benzene rings is 3. The molecule has 3 aromatic rings. The molecule has 4 rings (SSSR count). The SMILES string of the molecule is Cc1ccccc1OS(=O)(=O)c1cc2c3c(cccc3c1)C(=O)NC2=O. The van der Waals surface area contributed by atoms with Crippen LogP contribution in [-0.4, -0.2) is 20.2 Å². The fourth-order valence-electron chi connectivity index (χ4n) is 2.97. The summed E-state index contributed by atoms with van der Waals surface area (Å²) < 4.78 is 30.7. The highest BCUT2D eigenvalue weighted by Crippen LogP contribution is 2.31. The molecule has 0 spiro atoms. The quantitative estimate of drug-likeness (QED) is 0.568. The van der Waals surface area contributed by atoms with Gasteiger partial charge in [0.2, 0.25) is 0 Å². The highest BCUT2D eigenvalue weighted by atomic mass is 32.2. The summed E-state index contributed by atoms with van der Waals surface area (Å²) in [5.74, 6) is -0.916. The molecule has 1 aliphatic heterocycles. The molecule has 6 nitrogen and oxygen atoms in total. The van der Waals surface area contributed by atoms with Gasteiger partial charge in [0.25, 0.3) is 11.8 Å². The van der Waals surface area contributed by atoms with E-state index in [4.69, 9.17) is 4.18 Å². The topological polar surface area (TPSA) is 89.5 Å². The third kappa shape index (κ3) is 2.53. The maximum Gasteiger partial charge on any atom is 0.339 e. The van der Waals surface area contributed by atoms with Crippen LogP contribution in [0.25, 0.3) is 10.8 Å². The van der Waals surface area contributed by atoms with Gasteiger partial charge >= 0.3 is 10.1 Å². The highest BCUT2D eigenvalue weighted by Gasteiger charge is 2.28. The highest BCUT2D eigenvalue weighted by molar-refractivity contribution is 7.87. The molecule has 0 saturated carbocycles. The summed E-state index contributed by atoms with van der Waals surface area (Å²) in [4.78, 5) is 24.0. The van der Waals surface area contributed by atoms with E-state index in [2.05, 4.69) is 5.32 Å². The Kier molecular flexibility index (Phi) is 3.55. The van der Waals surface area contributed by atoms with E-state index in [0.29, 0.717) is 21.9 Å². The molecule has 0 radical (unpaired) electrons. The van der Waals surface area contributed by atoms with Gasteiger partial charge in [-0.2, -0.15) is 8.42 Å². The maximum absolute atomic E-state index is 12.7. The van der Waals surface area contributed by atoms with Gasteiger partial charge in [-0.1, -0.05) is 30.3 Å². The Hall–Kier alpha value is -3.19. The molecule has 0 atom stereocenters. The first-order valence-electron chi connectivity index (χ1n) is 7.79. The molecular weight excluding hydrogens is 354 g/mol. The van der Waals surface area contributed by atoms with Gasteiger partial charge in [-0.25, -0.2) is 0 Å². The molecule has 1 heterocycles. The molecule has 1 aliphatic rings. The lowest BCUT2D eigenvalue weighted by atomic mass is 9.95. The smallest absolute Gasteiger partial charge is 0.339 e. The zero-order valence-corrected chi connectivity index (χ0v) is 14.5. The van der Waals surface area contributed by atoms with Crippen molar-refractivity contribution in [2.75, 3.05) is 0 Å². The first-order valence-corrected chi connectivity index (χ1v) is 9.20. The lowest BCUT2D eigenvalue weighted by molar-refractivity contribution is 0.0845. The summed E-state index contributed by atoms with van der Waals surface area (Å²) >= 11 is 0. The number of nitrogens with one attached hydrogen (secondary N) is 1. The molecule has 26 heavy (non-hydrogen) atoms. The molecule has 0 fully saturated rings. The van der Waals surface area contributed by atoms with Crippen LogP contribution in [0.4, 0.5) is 0 Å². The van der Waals surface area contributed by atoms with Crippen molar-refractivity contribution in [3.8, 4) is 5.75 Å². The van der Waals surface area contributed by atoms with Crippen LogP contribution in [-0.2, 0) is 10.1 Å². The van der Waals surface area contributed by atoms with E-state index in [1.165, 1.54) is 12.1 Å². The summed E-state index contributed by atoms with van der Waals surface area (Å²) in [7, 11) is -4.15. The van der Waals surface area contributed by atoms with Crippen molar-refractivity contribution in [3.63, 3.8) is 0 Å². The summed E-state index contributed by atoms with van der Waals surface area (Å²) in [5.41, 5.74) is 1.13. The van der Waals surface area contributed by atoms with Crippen molar-refractivity contribution in [3.05, 3.63) is 71.3 Å². The Balaban J connectivity index is 1.90. The van der Waals surface area contributed by atoms with E-state index in [-0.39, 0.29) is 16.2 Å². The van der Waals surface area contributed by atoms with Crippen molar-refractivity contribution in [2.45, 2.75) is 11.8 Å².